The molecule has 1 saturated heterocycles. The number of hydrogen-bond acceptors (Lipinski definition) is 6. The molecule has 6 heteroatoms. The first-order valence-corrected chi connectivity index (χ1v) is 7.21. The van der Waals surface area contributed by atoms with Gasteiger partial charge in [-0.3, -0.25) is 9.59 Å². The van der Waals surface area contributed by atoms with E-state index in [2.05, 4.69) is 9.47 Å². The predicted octanol–water partition coefficient (Wildman–Crippen LogP) is 1.97. The number of ether oxygens (including phenoxy) is 4. The van der Waals surface area contributed by atoms with Gasteiger partial charge in [-0.25, -0.2) is 0 Å². The van der Waals surface area contributed by atoms with Crippen LogP contribution in [0.5, 0.6) is 0 Å². The van der Waals surface area contributed by atoms with Gasteiger partial charge < -0.3 is 18.9 Å². The number of unbranched alkanes of at least 4 members (excludes halogenated alkanes) is 1. The van der Waals surface area contributed by atoms with E-state index in [1.807, 2.05) is 12.2 Å². The summed E-state index contributed by atoms with van der Waals surface area (Å²) in [6.07, 6.45) is 7.28. The van der Waals surface area contributed by atoms with Crippen LogP contribution < -0.4 is 0 Å². The maximum atomic E-state index is 11.0. The van der Waals surface area contributed by atoms with Crippen molar-refractivity contribution < 1.29 is 28.5 Å². The highest BCUT2D eigenvalue weighted by Crippen LogP contribution is 2.28. The zero-order valence-corrected chi connectivity index (χ0v) is 12.8. The highest BCUT2D eigenvalue weighted by Gasteiger charge is 2.32. The van der Waals surface area contributed by atoms with Crippen LogP contribution in [0, 0.1) is 0 Å². The molecule has 0 aromatic carbocycles. The van der Waals surface area contributed by atoms with Crippen molar-refractivity contribution in [2.75, 3.05) is 27.4 Å². The summed E-state index contributed by atoms with van der Waals surface area (Å²) in [5.41, 5.74) is 0. The summed E-state index contributed by atoms with van der Waals surface area (Å²) in [5, 5.41) is 0. The molecule has 1 aliphatic rings. The van der Waals surface area contributed by atoms with Gasteiger partial charge in [-0.2, -0.15) is 0 Å². The first kappa shape index (κ1) is 17.7. The van der Waals surface area contributed by atoms with Gasteiger partial charge in [0.05, 0.1) is 27.4 Å². The second kappa shape index (κ2) is 9.52. The number of hydrogen-bond donors (Lipinski definition) is 0. The van der Waals surface area contributed by atoms with Crippen LogP contribution in [0.1, 0.15) is 38.5 Å². The van der Waals surface area contributed by atoms with Crippen molar-refractivity contribution in [3.05, 3.63) is 12.2 Å². The van der Waals surface area contributed by atoms with Gasteiger partial charge in [-0.1, -0.05) is 6.08 Å². The summed E-state index contributed by atoms with van der Waals surface area (Å²) in [6, 6.07) is 0. The molecule has 0 radical (unpaired) electrons. The molecule has 0 amide bonds. The van der Waals surface area contributed by atoms with Crippen molar-refractivity contribution in [1.29, 1.82) is 0 Å². The fourth-order valence-corrected chi connectivity index (χ4v) is 2.10. The average molecular weight is 300 g/mol. The van der Waals surface area contributed by atoms with Crippen LogP contribution in [-0.2, 0) is 28.5 Å². The smallest absolute Gasteiger partial charge is 0.305 e. The molecule has 0 N–H and O–H groups in total. The molecule has 1 heterocycles. The van der Waals surface area contributed by atoms with Crippen molar-refractivity contribution >= 4 is 11.9 Å². The lowest BCUT2D eigenvalue weighted by Gasteiger charge is -2.23. The molecule has 1 aliphatic heterocycles. The fraction of sp³-hybridized carbons (Fsp3) is 0.733. The molecule has 1 fully saturated rings. The molecule has 0 unspecified atom stereocenters. The molecule has 120 valence electrons. The molecule has 1 rings (SSSR count). The Hall–Kier alpha value is -1.40. The Morgan fingerprint density at radius 2 is 1.67 bits per heavy atom. The van der Waals surface area contributed by atoms with E-state index >= 15 is 0 Å². The summed E-state index contributed by atoms with van der Waals surface area (Å²) in [7, 11) is 2.76. The van der Waals surface area contributed by atoms with Crippen molar-refractivity contribution in [3.63, 3.8) is 0 Å². The zero-order chi connectivity index (χ0) is 15.6. The predicted molar refractivity (Wildman–Crippen MR) is 75.5 cm³/mol. The third-order valence-corrected chi connectivity index (χ3v) is 3.27. The molecule has 0 aliphatic carbocycles. The molecule has 0 aromatic heterocycles. The summed E-state index contributed by atoms with van der Waals surface area (Å²) in [5.74, 6) is -1.15. The van der Waals surface area contributed by atoms with Crippen molar-refractivity contribution in [2.24, 2.45) is 0 Å². The molecular weight excluding hydrogens is 276 g/mol. The minimum atomic E-state index is -0.716. The van der Waals surface area contributed by atoms with E-state index in [0.29, 0.717) is 38.9 Å². The van der Waals surface area contributed by atoms with E-state index in [1.165, 1.54) is 14.2 Å². The number of carbonyl (C=O) groups is 2. The first-order chi connectivity index (χ1) is 10.1. The second-order valence-electron chi connectivity index (χ2n) is 4.81. The van der Waals surface area contributed by atoms with Gasteiger partial charge in [0, 0.05) is 19.3 Å². The molecule has 21 heavy (non-hydrogen) atoms. The normalized spacial score (nSPS) is 17.0. The van der Waals surface area contributed by atoms with E-state index in [-0.39, 0.29) is 11.9 Å². The van der Waals surface area contributed by atoms with Gasteiger partial charge in [0.15, 0.2) is 5.79 Å². The van der Waals surface area contributed by atoms with Crippen molar-refractivity contribution in [2.45, 2.75) is 44.3 Å². The lowest BCUT2D eigenvalue weighted by molar-refractivity contribution is -0.141. The maximum absolute atomic E-state index is 11.0. The third-order valence-electron chi connectivity index (χ3n) is 3.27. The molecule has 6 nitrogen and oxygen atoms in total. The molecule has 0 bridgehead atoms. The van der Waals surface area contributed by atoms with Gasteiger partial charge >= 0.3 is 11.9 Å². The molecular formula is C15H24O6. The monoisotopic (exact) mass is 300 g/mol. The minimum absolute atomic E-state index is 0.203. The maximum Gasteiger partial charge on any atom is 0.305 e. The van der Waals surface area contributed by atoms with Gasteiger partial charge in [0.1, 0.15) is 0 Å². The molecule has 0 aromatic rings. The number of rotatable bonds is 9. The van der Waals surface area contributed by atoms with Crippen LogP contribution in [0.25, 0.3) is 0 Å². The third kappa shape index (κ3) is 6.73. The largest absolute Gasteiger partial charge is 0.469 e. The summed E-state index contributed by atoms with van der Waals surface area (Å²) in [4.78, 5) is 22.1. The SMILES string of the molecule is COC(=O)CC/C=C/C1(CCCCC(=O)OC)OCCO1. The Bertz CT molecular complexity index is 357. The van der Waals surface area contributed by atoms with Crippen LogP contribution in [0.4, 0.5) is 0 Å². The van der Waals surface area contributed by atoms with E-state index in [4.69, 9.17) is 9.47 Å². The molecule has 0 atom stereocenters. The van der Waals surface area contributed by atoms with Crippen molar-refractivity contribution in [1.82, 2.24) is 0 Å². The Labute approximate surface area is 125 Å². The number of esters is 2. The quantitative estimate of drug-likeness (QED) is 0.368. The zero-order valence-electron chi connectivity index (χ0n) is 12.8. The summed E-state index contributed by atoms with van der Waals surface area (Å²) >= 11 is 0. The number of methoxy groups -OCH3 is 2. The van der Waals surface area contributed by atoms with Gasteiger partial charge in [0.2, 0.25) is 0 Å². The van der Waals surface area contributed by atoms with E-state index in [0.717, 1.165) is 12.8 Å². The Kier molecular flexibility index (Phi) is 8.00. The average Bonchev–Trinajstić information content (AvgIpc) is 2.96. The van der Waals surface area contributed by atoms with Crippen LogP contribution in [0.15, 0.2) is 12.2 Å². The fourth-order valence-electron chi connectivity index (χ4n) is 2.10. The first-order valence-electron chi connectivity index (χ1n) is 7.21. The highest BCUT2D eigenvalue weighted by atomic mass is 16.7. The summed E-state index contributed by atoms with van der Waals surface area (Å²) < 4.78 is 20.5. The van der Waals surface area contributed by atoms with Gasteiger partial charge in [0.25, 0.3) is 0 Å². The number of carbonyl (C=O) groups excluding carboxylic acids is 2. The van der Waals surface area contributed by atoms with Crippen LogP contribution in [0.3, 0.4) is 0 Å². The molecule has 0 saturated carbocycles. The van der Waals surface area contributed by atoms with E-state index in [1.54, 1.807) is 0 Å². The van der Waals surface area contributed by atoms with Crippen molar-refractivity contribution in [3.8, 4) is 0 Å². The Balaban J connectivity index is 2.34. The second-order valence-corrected chi connectivity index (χ2v) is 4.81. The van der Waals surface area contributed by atoms with Crippen LogP contribution >= 0.6 is 0 Å². The van der Waals surface area contributed by atoms with Crippen LogP contribution in [-0.4, -0.2) is 45.2 Å². The molecule has 0 spiro atoms. The minimum Gasteiger partial charge on any atom is -0.469 e. The topological polar surface area (TPSA) is 71.1 Å². The standard InChI is InChI=1S/C15H24O6/c1-18-13(16)7-3-5-9-15(20-11-12-21-15)10-6-4-8-14(17)19-2/h5,9H,3-4,6-8,10-12H2,1-2H3/b9-5+. The lowest BCUT2D eigenvalue weighted by Crippen LogP contribution is -2.27. The van der Waals surface area contributed by atoms with Gasteiger partial charge in [-0.15, -0.1) is 0 Å². The van der Waals surface area contributed by atoms with E-state index < -0.39 is 5.79 Å². The summed E-state index contributed by atoms with van der Waals surface area (Å²) in [6.45, 7) is 1.11. The Morgan fingerprint density at radius 1 is 1.05 bits per heavy atom. The lowest BCUT2D eigenvalue weighted by atomic mass is 10.1. The number of allylic oxidation sites excluding steroid dienone is 1. The van der Waals surface area contributed by atoms with E-state index in [9.17, 15) is 9.59 Å². The highest BCUT2D eigenvalue weighted by molar-refractivity contribution is 5.69. The Morgan fingerprint density at radius 3 is 2.29 bits per heavy atom. The van der Waals surface area contributed by atoms with Gasteiger partial charge in [-0.05, 0) is 25.3 Å². The van der Waals surface area contributed by atoms with Crippen LogP contribution in [0.2, 0.25) is 0 Å².